The lowest BCUT2D eigenvalue weighted by Crippen LogP contribution is -2.12. The summed E-state index contributed by atoms with van der Waals surface area (Å²) in [6.45, 7) is 0.140. The molecule has 1 aliphatic rings. The number of benzene rings is 1. The Labute approximate surface area is 173 Å². The third-order valence-corrected chi connectivity index (χ3v) is 5.25. The molecule has 0 N–H and O–H groups in total. The highest BCUT2D eigenvalue weighted by Gasteiger charge is 2.28. The third-order valence-electron chi connectivity index (χ3n) is 4.44. The fraction of sp³-hybridized carbons (Fsp3) is 0.0526. The summed E-state index contributed by atoms with van der Waals surface area (Å²) in [4.78, 5) is 8.72. The molecule has 0 atom stereocenters. The molecule has 0 saturated heterocycles. The Morgan fingerprint density at radius 3 is 2.62 bits per heavy atom. The molecule has 1 aromatic carbocycles. The molecular formula is C19H10Cl2FN7. The predicted molar refractivity (Wildman–Crippen MR) is 106 cm³/mol. The number of nitrogens with zero attached hydrogens (tertiary/aromatic N) is 7. The molecule has 0 aliphatic carbocycles. The van der Waals surface area contributed by atoms with Gasteiger partial charge in [0.25, 0.3) is 0 Å². The number of hydrogen-bond donors (Lipinski definition) is 0. The van der Waals surface area contributed by atoms with Gasteiger partial charge < -0.3 is 0 Å². The zero-order valence-corrected chi connectivity index (χ0v) is 16.1. The number of aromatic nitrogens is 6. The van der Waals surface area contributed by atoms with Gasteiger partial charge in [-0.25, -0.2) is 4.39 Å². The normalized spacial score (nSPS) is 12.7. The largest absolute Gasteiger partial charge is 0.275 e. The van der Waals surface area contributed by atoms with Gasteiger partial charge in [-0.1, -0.05) is 23.2 Å². The minimum atomic E-state index is -0.514. The van der Waals surface area contributed by atoms with Gasteiger partial charge in [0.05, 0.1) is 21.4 Å². The average Bonchev–Trinajstić information content (AvgIpc) is 3.09. The molecule has 5 rings (SSSR count). The Morgan fingerprint density at radius 2 is 1.83 bits per heavy atom. The summed E-state index contributed by atoms with van der Waals surface area (Å²) in [5, 5.41) is 17.1. The topological polar surface area (TPSA) is 81.7 Å². The number of hydrogen-bond acceptors (Lipinski definition) is 6. The van der Waals surface area contributed by atoms with E-state index in [1.54, 1.807) is 35.0 Å². The highest BCUT2D eigenvalue weighted by atomic mass is 35.5. The first-order valence-corrected chi connectivity index (χ1v) is 9.27. The molecule has 0 spiro atoms. The minimum Gasteiger partial charge on any atom is -0.275 e. The van der Waals surface area contributed by atoms with Crippen molar-refractivity contribution in [3.05, 3.63) is 81.7 Å². The van der Waals surface area contributed by atoms with Crippen LogP contribution in [-0.2, 0) is 6.54 Å². The van der Waals surface area contributed by atoms with Crippen LogP contribution >= 0.6 is 23.2 Å². The van der Waals surface area contributed by atoms with Gasteiger partial charge in [-0.15, -0.1) is 15.3 Å². The van der Waals surface area contributed by atoms with Crippen LogP contribution in [0.1, 0.15) is 17.1 Å². The maximum atomic E-state index is 14.6. The Balaban J connectivity index is 1.82. The second kappa shape index (κ2) is 6.98. The molecule has 0 fully saturated rings. The zero-order chi connectivity index (χ0) is 20.0. The second-order valence-electron chi connectivity index (χ2n) is 6.14. The quantitative estimate of drug-likeness (QED) is 0.486. The van der Waals surface area contributed by atoms with Crippen LogP contribution in [0.15, 0.2) is 53.8 Å². The summed E-state index contributed by atoms with van der Waals surface area (Å²) >= 11 is 12.9. The van der Waals surface area contributed by atoms with Crippen LogP contribution in [-0.4, -0.2) is 35.7 Å². The van der Waals surface area contributed by atoms with E-state index in [1.165, 1.54) is 18.3 Å². The lowest BCUT2D eigenvalue weighted by Gasteiger charge is -2.15. The molecule has 10 heteroatoms. The van der Waals surface area contributed by atoms with Crippen molar-refractivity contribution < 1.29 is 4.39 Å². The molecule has 0 unspecified atom stereocenters. The smallest absolute Gasteiger partial charge is 0.189 e. The van der Waals surface area contributed by atoms with Gasteiger partial charge in [0.15, 0.2) is 17.5 Å². The molecule has 4 aromatic rings. The summed E-state index contributed by atoms with van der Waals surface area (Å²) in [6.07, 6.45) is 3.06. The summed E-state index contributed by atoms with van der Waals surface area (Å²) in [7, 11) is 0. The van der Waals surface area contributed by atoms with Crippen molar-refractivity contribution in [2.24, 2.45) is 4.99 Å². The van der Waals surface area contributed by atoms with E-state index < -0.39 is 5.82 Å². The molecule has 7 nitrogen and oxygen atoms in total. The van der Waals surface area contributed by atoms with Gasteiger partial charge in [-0.05, 0) is 36.4 Å². The minimum absolute atomic E-state index is 0.0812. The molecule has 0 radical (unpaired) electrons. The van der Waals surface area contributed by atoms with Crippen LogP contribution in [0.4, 0.5) is 4.39 Å². The molecule has 0 bridgehead atoms. The van der Waals surface area contributed by atoms with Gasteiger partial charge in [0, 0.05) is 18.0 Å². The maximum Gasteiger partial charge on any atom is 0.189 e. The van der Waals surface area contributed by atoms with E-state index in [-0.39, 0.29) is 17.3 Å². The Morgan fingerprint density at radius 1 is 0.966 bits per heavy atom. The molecule has 142 valence electrons. The lowest BCUT2D eigenvalue weighted by molar-refractivity contribution is 0.618. The Bertz CT molecular complexity index is 1270. The molecule has 29 heavy (non-hydrogen) atoms. The van der Waals surface area contributed by atoms with Crippen molar-refractivity contribution in [1.82, 2.24) is 29.9 Å². The van der Waals surface area contributed by atoms with Crippen LogP contribution in [0.25, 0.3) is 17.2 Å². The third kappa shape index (κ3) is 2.88. The molecule has 0 amide bonds. The van der Waals surface area contributed by atoms with E-state index in [1.807, 2.05) is 0 Å². The highest BCUT2D eigenvalue weighted by molar-refractivity contribution is 6.45. The van der Waals surface area contributed by atoms with Crippen LogP contribution in [0.2, 0.25) is 10.0 Å². The summed E-state index contributed by atoms with van der Waals surface area (Å²) in [5.41, 5.74) is 1.94. The molecule has 1 aliphatic heterocycles. The Kier molecular flexibility index (Phi) is 4.30. The van der Waals surface area contributed by atoms with Gasteiger partial charge >= 0.3 is 0 Å². The fourth-order valence-corrected chi connectivity index (χ4v) is 3.60. The molecular weight excluding hydrogens is 416 g/mol. The molecule has 4 heterocycles. The maximum absolute atomic E-state index is 14.6. The zero-order valence-electron chi connectivity index (χ0n) is 14.6. The first kappa shape index (κ1) is 17.8. The number of pyridine rings is 1. The van der Waals surface area contributed by atoms with Crippen LogP contribution in [0, 0.1) is 5.82 Å². The first-order chi connectivity index (χ1) is 14.1. The number of halogens is 3. The van der Waals surface area contributed by atoms with Gasteiger partial charge in [-0.3, -0.25) is 14.5 Å². The predicted octanol–water partition coefficient (Wildman–Crippen LogP) is 3.92. The number of rotatable bonds is 2. The van der Waals surface area contributed by atoms with E-state index in [0.29, 0.717) is 39.3 Å². The van der Waals surface area contributed by atoms with Gasteiger partial charge in [0.2, 0.25) is 0 Å². The van der Waals surface area contributed by atoms with E-state index in [9.17, 15) is 4.39 Å². The SMILES string of the molecule is Fc1cccnc1C1=NCc2nnc(-c3cccnn3)n2-c2ccc(Cl)c(Cl)c21. The number of fused-ring (bicyclic) bond motifs is 3. The fourth-order valence-electron chi connectivity index (χ4n) is 3.19. The highest BCUT2D eigenvalue weighted by Crippen LogP contribution is 2.36. The van der Waals surface area contributed by atoms with E-state index in [0.717, 1.165) is 0 Å². The van der Waals surface area contributed by atoms with Crippen molar-refractivity contribution in [1.29, 1.82) is 0 Å². The lowest BCUT2D eigenvalue weighted by atomic mass is 10.0. The van der Waals surface area contributed by atoms with Crippen LogP contribution in [0.5, 0.6) is 0 Å². The monoisotopic (exact) mass is 425 g/mol. The molecule has 0 saturated carbocycles. The summed E-state index contributed by atoms with van der Waals surface area (Å²) in [6, 6.07) is 9.77. The van der Waals surface area contributed by atoms with Crippen LogP contribution in [0.3, 0.4) is 0 Å². The standard InChI is InChI=1S/C19H10Cl2FN7/c20-10-5-6-13-15(16(10)21)18(17-11(22)3-1-7-23-17)24-9-14-27-28-19(29(13)14)12-4-2-8-25-26-12/h1-8H,9H2. The Hall–Kier alpha value is -3.23. The van der Waals surface area contributed by atoms with Crippen molar-refractivity contribution in [3.8, 4) is 17.2 Å². The van der Waals surface area contributed by atoms with E-state index in [2.05, 4.69) is 30.4 Å². The van der Waals surface area contributed by atoms with Crippen molar-refractivity contribution in [3.63, 3.8) is 0 Å². The second-order valence-corrected chi connectivity index (χ2v) is 6.92. The first-order valence-electron chi connectivity index (χ1n) is 8.51. The van der Waals surface area contributed by atoms with Gasteiger partial charge in [-0.2, -0.15) is 5.10 Å². The molecule has 3 aromatic heterocycles. The van der Waals surface area contributed by atoms with E-state index >= 15 is 0 Å². The summed E-state index contributed by atoms with van der Waals surface area (Å²) < 4.78 is 16.3. The van der Waals surface area contributed by atoms with Crippen molar-refractivity contribution >= 4 is 28.9 Å². The summed E-state index contributed by atoms with van der Waals surface area (Å²) in [5.74, 6) is 0.488. The van der Waals surface area contributed by atoms with Crippen molar-refractivity contribution in [2.45, 2.75) is 6.54 Å². The number of aliphatic imine (C=N–C) groups is 1. The van der Waals surface area contributed by atoms with Crippen molar-refractivity contribution in [2.75, 3.05) is 0 Å². The van der Waals surface area contributed by atoms with Gasteiger partial charge in [0.1, 0.15) is 17.9 Å². The van der Waals surface area contributed by atoms with E-state index in [4.69, 9.17) is 23.2 Å². The average molecular weight is 426 g/mol. The van der Waals surface area contributed by atoms with Crippen LogP contribution < -0.4 is 0 Å².